The molecule has 2 amide bonds. The van der Waals surface area contributed by atoms with Gasteiger partial charge in [-0.05, 0) is 36.1 Å². The number of benzene rings is 1. The van der Waals surface area contributed by atoms with E-state index < -0.39 is 0 Å². The number of nitrogens with zero attached hydrogens (tertiary/aromatic N) is 3. The number of ketones is 1. The summed E-state index contributed by atoms with van der Waals surface area (Å²) in [5, 5.41) is 11.9. The highest BCUT2D eigenvalue weighted by Crippen LogP contribution is 2.21. The van der Waals surface area contributed by atoms with Crippen molar-refractivity contribution in [3.05, 3.63) is 35.7 Å². The normalized spacial score (nSPS) is 11.2. The molecule has 0 spiro atoms. The number of thioether (sulfide) groups is 1. The third-order valence-corrected chi connectivity index (χ3v) is 5.32. The van der Waals surface area contributed by atoms with E-state index in [1.165, 1.54) is 11.8 Å². The highest BCUT2D eigenvalue weighted by Gasteiger charge is 2.16. The van der Waals surface area contributed by atoms with E-state index in [1.54, 1.807) is 24.3 Å². The number of rotatable bonds is 12. The maximum atomic E-state index is 12.6. The Morgan fingerprint density at radius 3 is 2.32 bits per heavy atom. The fourth-order valence-corrected chi connectivity index (χ4v) is 3.79. The third-order valence-electron chi connectivity index (χ3n) is 4.35. The number of carbonyl (C=O) groups is 3. The molecule has 0 saturated carbocycles. The number of hydrogen-bond donors (Lipinski definition) is 2. The van der Waals surface area contributed by atoms with Gasteiger partial charge in [-0.1, -0.05) is 39.5 Å². The third kappa shape index (κ3) is 8.16. The number of nitrogens with two attached hydrogens (primary N) is 1. The lowest BCUT2D eigenvalue weighted by molar-refractivity contribution is -0.118. The van der Waals surface area contributed by atoms with E-state index >= 15 is 0 Å². The van der Waals surface area contributed by atoms with E-state index in [0.29, 0.717) is 47.5 Å². The molecule has 0 unspecified atom stereocenters. The molecule has 0 radical (unpaired) electrons. The molecular formula is C22H31N5O3S. The summed E-state index contributed by atoms with van der Waals surface area (Å²) in [6.07, 6.45) is 1.09. The van der Waals surface area contributed by atoms with Crippen molar-refractivity contribution in [3.8, 4) is 0 Å². The van der Waals surface area contributed by atoms with Gasteiger partial charge in [0.15, 0.2) is 10.9 Å². The number of anilines is 1. The van der Waals surface area contributed by atoms with E-state index in [2.05, 4.69) is 29.4 Å². The Kier molecular flexibility index (Phi) is 9.23. The van der Waals surface area contributed by atoms with Crippen LogP contribution in [0.3, 0.4) is 0 Å². The lowest BCUT2D eigenvalue weighted by Gasteiger charge is -2.12. The predicted molar refractivity (Wildman–Crippen MR) is 122 cm³/mol. The number of aryl methyl sites for hydroxylation is 1. The summed E-state index contributed by atoms with van der Waals surface area (Å²) in [7, 11) is 0. The first-order chi connectivity index (χ1) is 14.7. The molecule has 1 aromatic heterocycles. The number of amides is 2. The Hall–Kier alpha value is -2.68. The van der Waals surface area contributed by atoms with Crippen molar-refractivity contribution in [2.75, 3.05) is 11.1 Å². The molecule has 2 aromatic rings. The second kappa shape index (κ2) is 11.6. The van der Waals surface area contributed by atoms with Crippen LogP contribution >= 0.6 is 11.8 Å². The van der Waals surface area contributed by atoms with Gasteiger partial charge in [0.25, 0.3) is 0 Å². The largest absolute Gasteiger partial charge is 0.370 e. The fraction of sp³-hybridized carbons (Fsp3) is 0.500. The van der Waals surface area contributed by atoms with Gasteiger partial charge < -0.3 is 15.6 Å². The average Bonchev–Trinajstić information content (AvgIpc) is 3.05. The van der Waals surface area contributed by atoms with Crippen molar-refractivity contribution in [2.24, 2.45) is 17.6 Å². The standard InChI is InChI=1S/C22H31N5O3S/c1-14(2)11-21(30)24-17-7-5-16(6-8-17)18(28)13-31-22-26-25-20(10-9-19(23)29)27(22)12-15(3)4/h5-8,14-15H,9-13H2,1-4H3,(H2,23,29)(H,24,30). The van der Waals surface area contributed by atoms with Crippen LogP contribution in [-0.2, 0) is 22.6 Å². The molecule has 0 saturated heterocycles. The predicted octanol–water partition coefficient (Wildman–Crippen LogP) is 3.31. The summed E-state index contributed by atoms with van der Waals surface area (Å²) >= 11 is 1.32. The van der Waals surface area contributed by atoms with Gasteiger partial charge in [0.1, 0.15) is 5.82 Å². The summed E-state index contributed by atoms with van der Waals surface area (Å²) in [6.45, 7) is 8.84. The molecule has 0 aliphatic heterocycles. The van der Waals surface area contributed by atoms with Gasteiger partial charge in [-0.2, -0.15) is 0 Å². The van der Waals surface area contributed by atoms with Crippen molar-refractivity contribution in [2.45, 2.75) is 58.7 Å². The quantitative estimate of drug-likeness (QED) is 0.382. The maximum Gasteiger partial charge on any atom is 0.224 e. The second-order valence-electron chi connectivity index (χ2n) is 8.30. The zero-order valence-corrected chi connectivity index (χ0v) is 19.4. The molecule has 0 fully saturated rings. The Morgan fingerprint density at radius 1 is 1.06 bits per heavy atom. The first-order valence-corrected chi connectivity index (χ1v) is 11.4. The van der Waals surface area contributed by atoms with E-state index in [9.17, 15) is 14.4 Å². The molecule has 2 rings (SSSR count). The highest BCUT2D eigenvalue weighted by atomic mass is 32.2. The van der Waals surface area contributed by atoms with Gasteiger partial charge in [0.05, 0.1) is 5.75 Å². The van der Waals surface area contributed by atoms with Gasteiger partial charge in [-0.25, -0.2) is 0 Å². The van der Waals surface area contributed by atoms with E-state index in [0.717, 1.165) is 0 Å². The van der Waals surface area contributed by atoms with E-state index in [1.807, 2.05) is 18.4 Å². The number of hydrogen-bond acceptors (Lipinski definition) is 6. The smallest absolute Gasteiger partial charge is 0.224 e. The van der Waals surface area contributed by atoms with Gasteiger partial charge in [0.2, 0.25) is 11.8 Å². The molecule has 0 bridgehead atoms. The summed E-state index contributed by atoms with van der Waals surface area (Å²) in [5.41, 5.74) is 6.49. The molecule has 8 nitrogen and oxygen atoms in total. The van der Waals surface area contributed by atoms with Gasteiger partial charge in [0, 0.05) is 37.1 Å². The monoisotopic (exact) mass is 445 g/mol. The Balaban J connectivity index is 2.00. The lowest BCUT2D eigenvalue weighted by atomic mass is 10.1. The lowest BCUT2D eigenvalue weighted by Crippen LogP contribution is -2.15. The molecule has 3 N–H and O–H groups in total. The minimum absolute atomic E-state index is 0.0390. The number of carbonyl (C=O) groups excluding carboxylic acids is 3. The summed E-state index contributed by atoms with van der Waals surface area (Å²) in [6, 6.07) is 6.90. The van der Waals surface area contributed by atoms with Crippen LogP contribution in [0.1, 0.15) is 56.7 Å². The molecule has 0 aliphatic carbocycles. The molecule has 168 valence electrons. The van der Waals surface area contributed by atoms with E-state index in [-0.39, 0.29) is 35.7 Å². The van der Waals surface area contributed by atoms with Crippen LogP contribution in [0.2, 0.25) is 0 Å². The van der Waals surface area contributed by atoms with Gasteiger partial charge >= 0.3 is 0 Å². The Morgan fingerprint density at radius 2 is 1.74 bits per heavy atom. The summed E-state index contributed by atoms with van der Waals surface area (Å²) < 4.78 is 1.96. The van der Waals surface area contributed by atoms with E-state index in [4.69, 9.17) is 5.73 Å². The Labute approximate surface area is 187 Å². The topological polar surface area (TPSA) is 120 Å². The minimum atomic E-state index is -0.382. The van der Waals surface area contributed by atoms with Gasteiger partial charge in [-0.15, -0.1) is 10.2 Å². The summed E-state index contributed by atoms with van der Waals surface area (Å²) in [5.74, 6) is 1.09. The van der Waals surface area contributed by atoms with Crippen LogP contribution in [0.15, 0.2) is 29.4 Å². The first kappa shape index (κ1) is 24.6. The van der Waals surface area contributed by atoms with Crippen molar-refractivity contribution in [1.82, 2.24) is 14.8 Å². The van der Waals surface area contributed by atoms with Crippen molar-refractivity contribution >= 4 is 35.0 Å². The molecule has 0 atom stereocenters. The fourth-order valence-electron chi connectivity index (χ4n) is 2.93. The zero-order valence-electron chi connectivity index (χ0n) is 18.6. The van der Waals surface area contributed by atoms with Crippen LogP contribution in [0.5, 0.6) is 0 Å². The maximum absolute atomic E-state index is 12.6. The molecule has 31 heavy (non-hydrogen) atoms. The van der Waals surface area contributed by atoms with Gasteiger partial charge in [-0.3, -0.25) is 14.4 Å². The number of Topliss-reactive ketones (excluding diaryl/α,β-unsaturated/α-hetero) is 1. The second-order valence-corrected chi connectivity index (χ2v) is 9.25. The van der Waals surface area contributed by atoms with Crippen molar-refractivity contribution in [3.63, 3.8) is 0 Å². The van der Waals surface area contributed by atoms with Crippen LogP contribution in [0.25, 0.3) is 0 Å². The SMILES string of the molecule is CC(C)CC(=O)Nc1ccc(C(=O)CSc2nnc(CCC(N)=O)n2CC(C)C)cc1. The minimum Gasteiger partial charge on any atom is -0.370 e. The molecule has 0 aliphatic rings. The molecule has 9 heteroatoms. The van der Waals surface area contributed by atoms with Crippen molar-refractivity contribution < 1.29 is 14.4 Å². The number of primary amides is 1. The average molecular weight is 446 g/mol. The van der Waals surface area contributed by atoms with Crippen LogP contribution < -0.4 is 11.1 Å². The Bertz CT molecular complexity index is 906. The highest BCUT2D eigenvalue weighted by molar-refractivity contribution is 7.99. The zero-order chi connectivity index (χ0) is 23.0. The first-order valence-electron chi connectivity index (χ1n) is 10.4. The molecule has 1 heterocycles. The molecular weight excluding hydrogens is 414 g/mol. The van der Waals surface area contributed by atoms with Crippen LogP contribution in [0.4, 0.5) is 5.69 Å². The summed E-state index contributed by atoms with van der Waals surface area (Å²) in [4.78, 5) is 35.6. The number of nitrogens with one attached hydrogen (secondary N) is 1. The van der Waals surface area contributed by atoms with Crippen LogP contribution in [-0.4, -0.2) is 38.1 Å². The van der Waals surface area contributed by atoms with Crippen LogP contribution in [0, 0.1) is 11.8 Å². The number of aromatic nitrogens is 3. The van der Waals surface area contributed by atoms with Crippen molar-refractivity contribution in [1.29, 1.82) is 0 Å². The molecule has 1 aromatic carbocycles.